The largest absolute Gasteiger partial charge is 0.462 e. The van der Waals surface area contributed by atoms with Crippen LogP contribution in [0.15, 0.2) is 11.1 Å². The molecule has 0 unspecified atom stereocenters. The monoisotopic (exact) mass is 340 g/mol. The minimum atomic E-state index is -0.357. The standard InChI is InChI=1S/C20H36O4/c1-6-9-10-11-12-17(19(21)23-13-7-2)18(15-16(4)5)20(22)24-14-8-3/h16H,6-15H2,1-5H3. The van der Waals surface area contributed by atoms with Crippen molar-refractivity contribution >= 4 is 11.9 Å². The summed E-state index contributed by atoms with van der Waals surface area (Å²) in [4.78, 5) is 24.9. The van der Waals surface area contributed by atoms with Crippen LogP contribution in [0.1, 0.15) is 86.0 Å². The Morgan fingerprint density at radius 3 is 1.75 bits per heavy atom. The minimum Gasteiger partial charge on any atom is -0.462 e. The van der Waals surface area contributed by atoms with Crippen LogP contribution in [0.2, 0.25) is 0 Å². The van der Waals surface area contributed by atoms with E-state index in [1.807, 2.05) is 27.7 Å². The third-order valence-electron chi connectivity index (χ3n) is 3.62. The number of rotatable bonds is 13. The Labute approximate surface area is 148 Å². The van der Waals surface area contributed by atoms with E-state index in [-0.39, 0.29) is 17.9 Å². The van der Waals surface area contributed by atoms with Gasteiger partial charge in [0.25, 0.3) is 0 Å². The zero-order valence-electron chi connectivity index (χ0n) is 16.3. The van der Waals surface area contributed by atoms with Gasteiger partial charge < -0.3 is 9.47 Å². The number of hydrogen-bond donors (Lipinski definition) is 0. The van der Waals surface area contributed by atoms with Gasteiger partial charge in [-0.1, -0.05) is 53.9 Å². The van der Waals surface area contributed by atoms with Crippen LogP contribution in [0.25, 0.3) is 0 Å². The van der Waals surface area contributed by atoms with Gasteiger partial charge in [-0.15, -0.1) is 0 Å². The predicted molar refractivity (Wildman–Crippen MR) is 97.7 cm³/mol. The molecule has 0 aliphatic heterocycles. The quantitative estimate of drug-likeness (QED) is 0.262. The zero-order valence-corrected chi connectivity index (χ0v) is 16.3. The third-order valence-corrected chi connectivity index (χ3v) is 3.62. The molecule has 0 bridgehead atoms. The second-order valence-electron chi connectivity index (χ2n) is 6.64. The Balaban J connectivity index is 5.37. The summed E-state index contributed by atoms with van der Waals surface area (Å²) in [5.41, 5.74) is 1.03. The summed E-state index contributed by atoms with van der Waals surface area (Å²) in [6.07, 6.45) is 6.90. The Hall–Kier alpha value is -1.32. The molecule has 0 saturated carbocycles. The first kappa shape index (κ1) is 22.7. The fourth-order valence-electron chi connectivity index (χ4n) is 2.41. The van der Waals surface area contributed by atoms with Crippen molar-refractivity contribution in [3.63, 3.8) is 0 Å². The lowest BCUT2D eigenvalue weighted by Crippen LogP contribution is -2.19. The maximum atomic E-state index is 12.5. The topological polar surface area (TPSA) is 52.6 Å². The molecule has 0 atom stereocenters. The van der Waals surface area contributed by atoms with E-state index in [0.717, 1.165) is 38.5 Å². The predicted octanol–water partition coefficient (Wildman–Crippen LogP) is 5.21. The van der Waals surface area contributed by atoms with Gasteiger partial charge >= 0.3 is 11.9 Å². The molecule has 0 spiro atoms. The Kier molecular flexibility index (Phi) is 13.3. The van der Waals surface area contributed by atoms with Crippen molar-refractivity contribution in [2.75, 3.05) is 13.2 Å². The zero-order chi connectivity index (χ0) is 18.4. The lowest BCUT2D eigenvalue weighted by molar-refractivity contribution is -0.142. The molecule has 0 fully saturated rings. The SMILES string of the molecule is CCCCCCC(C(=O)OCCC)=C(CC(C)C)C(=O)OCCC. The van der Waals surface area contributed by atoms with E-state index in [1.165, 1.54) is 0 Å². The fourth-order valence-corrected chi connectivity index (χ4v) is 2.41. The third kappa shape index (κ3) is 9.74. The molecule has 0 aromatic heterocycles. The summed E-state index contributed by atoms with van der Waals surface area (Å²) in [7, 11) is 0. The van der Waals surface area contributed by atoms with Crippen LogP contribution in [0.3, 0.4) is 0 Å². The first-order valence-corrected chi connectivity index (χ1v) is 9.54. The molecule has 4 nitrogen and oxygen atoms in total. The summed E-state index contributed by atoms with van der Waals surface area (Å²) in [5.74, 6) is -0.430. The molecule has 0 amide bonds. The number of hydrogen-bond acceptors (Lipinski definition) is 4. The molecule has 24 heavy (non-hydrogen) atoms. The van der Waals surface area contributed by atoms with Crippen molar-refractivity contribution in [2.45, 2.75) is 86.0 Å². The molecule has 0 saturated heterocycles. The van der Waals surface area contributed by atoms with Crippen LogP contribution in [0.5, 0.6) is 0 Å². The molecular weight excluding hydrogens is 304 g/mol. The highest BCUT2D eigenvalue weighted by Gasteiger charge is 2.23. The molecule has 0 heterocycles. The highest BCUT2D eigenvalue weighted by atomic mass is 16.5. The molecular formula is C20H36O4. The first-order valence-electron chi connectivity index (χ1n) is 9.54. The van der Waals surface area contributed by atoms with Crippen molar-refractivity contribution in [3.8, 4) is 0 Å². The van der Waals surface area contributed by atoms with Crippen molar-refractivity contribution in [1.29, 1.82) is 0 Å². The van der Waals surface area contributed by atoms with Crippen LogP contribution in [0, 0.1) is 5.92 Å². The molecule has 0 N–H and O–H groups in total. The molecule has 0 rings (SSSR count). The average Bonchev–Trinajstić information content (AvgIpc) is 2.55. The van der Waals surface area contributed by atoms with E-state index in [9.17, 15) is 9.59 Å². The van der Waals surface area contributed by atoms with Gasteiger partial charge in [0.15, 0.2) is 0 Å². The van der Waals surface area contributed by atoms with E-state index in [2.05, 4.69) is 6.92 Å². The van der Waals surface area contributed by atoms with Crippen LogP contribution in [-0.2, 0) is 19.1 Å². The van der Waals surface area contributed by atoms with Gasteiger partial charge in [0.1, 0.15) is 0 Å². The van der Waals surface area contributed by atoms with Gasteiger partial charge in [0.2, 0.25) is 0 Å². The van der Waals surface area contributed by atoms with Crippen molar-refractivity contribution < 1.29 is 19.1 Å². The van der Waals surface area contributed by atoms with Gasteiger partial charge in [-0.2, -0.15) is 0 Å². The minimum absolute atomic E-state index is 0.277. The van der Waals surface area contributed by atoms with Crippen LogP contribution < -0.4 is 0 Å². The second kappa shape index (κ2) is 14.1. The molecule has 0 aromatic carbocycles. The van der Waals surface area contributed by atoms with Crippen LogP contribution >= 0.6 is 0 Å². The maximum Gasteiger partial charge on any atom is 0.334 e. The Morgan fingerprint density at radius 1 is 0.750 bits per heavy atom. The van der Waals surface area contributed by atoms with E-state index in [0.29, 0.717) is 37.2 Å². The lowest BCUT2D eigenvalue weighted by Gasteiger charge is -2.16. The molecule has 0 aromatic rings. The Morgan fingerprint density at radius 2 is 1.29 bits per heavy atom. The summed E-state index contributed by atoms with van der Waals surface area (Å²) >= 11 is 0. The lowest BCUT2D eigenvalue weighted by atomic mass is 9.94. The molecule has 0 aliphatic rings. The molecule has 0 radical (unpaired) electrons. The fraction of sp³-hybridized carbons (Fsp3) is 0.800. The second-order valence-corrected chi connectivity index (χ2v) is 6.64. The van der Waals surface area contributed by atoms with E-state index < -0.39 is 0 Å². The number of ether oxygens (including phenoxy) is 2. The summed E-state index contributed by atoms with van der Waals surface area (Å²) in [5, 5.41) is 0. The number of carbonyl (C=O) groups is 2. The first-order chi connectivity index (χ1) is 11.5. The Bertz CT molecular complexity index is 396. The normalized spacial score (nSPS) is 12.1. The smallest absolute Gasteiger partial charge is 0.334 e. The number of carbonyl (C=O) groups excluding carboxylic acids is 2. The van der Waals surface area contributed by atoms with Crippen LogP contribution in [-0.4, -0.2) is 25.2 Å². The molecule has 4 heteroatoms. The molecule has 0 aliphatic carbocycles. The van der Waals surface area contributed by atoms with Crippen molar-refractivity contribution in [3.05, 3.63) is 11.1 Å². The number of unbranched alkanes of at least 4 members (excludes halogenated alkanes) is 3. The summed E-state index contributed by atoms with van der Waals surface area (Å²) in [6.45, 7) is 10.9. The number of esters is 2. The van der Waals surface area contributed by atoms with E-state index in [4.69, 9.17) is 9.47 Å². The van der Waals surface area contributed by atoms with Gasteiger partial charge in [0, 0.05) is 11.1 Å². The van der Waals surface area contributed by atoms with Crippen LogP contribution in [0.4, 0.5) is 0 Å². The van der Waals surface area contributed by atoms with Gasteiger partial charge in [0.05, 0.1) is 13.2 Å². The molecule has 140 valence electrons. The average molecular weight is 341 g/mol. The van der Waals surface area contributed by atoms with Gasteiger partial charge in [-0.05, 0) is 38.0 Å². The van der Waals surface area contributed by atoms with E-state index in [1.54, 1.807) is 0 Å². The van der Waals surface area contributed by atoms with E-state index >= 15 is 0 Å². The summed E-state index contributed by atoms with van der Waals surface area (Å²) in [6, 6.07) is 0. The highest BCUT2D eigenvalue weighted by molar-refractivity contribution is 6.00. The summed E-state index contributed by atoms with van der Waals surface area (Å²) < 4.78 is 10.6. The highest BCUT2D eigenvalue weighted by Crippen LogP contribution is 2.23. The van der Waals surface area contributed by atoms with Crippen molar-refractivity contribution in [2.24, 2.45) is 5.92 Å². The van der Waals surface area contributed by atoms with Gasteiger partial charge in [-0.25, -0.2) is 9.59 Å². The van der Waals surface area contributed by atoms with Gasteiger partial charge in [-0.3, -0.25) is 0 Å². The van der Waals surface area contributed by atoms with Crippen molar-refractivity contribution in [1.82, 2.24) is 0 Å². The maximum absolute atomic E-state index is 12.5.